The van der Waals surface area contributed by atoms with E-state index >= 15 is 0 Å². The first kappa shape index (κ1) is 49.1. The first-order valence-corrected chi connectivity index (χ1v) is 26.9. The number of rotatable bonds is 12. The second-order valence-corrected chi connectivity index (χ2v) is 20.9. The number of Topliss-reactive ketones (excluding diaryl/α,β-unsaturated/α-hetero) is 2. The minimum Gasteiger partial charge on any atom is -0.379 e. The largest absolute Gasteiger partial charge is 0.379 e. The van der Waals surface area contributed by atoms with E-state index in [1.807, 2.05) is 84.9 Å². The third-order valence-electron chi connectivity index (χ3n) is 14.8. The number of nitrogens with zero attached hydrogens (tertiary/aromatic N) is 4. The maximum absolute atomic E-state index is 14.3. The number of carbonyl (C=O) groups is 4. The second kappa shape index (κ2) is 20.3. The molecule has 75 heavy (non-hydrogen) atoms. The topological polar surface area (TPSA) is 134 Å². The standard InChI is InChI=1S/C32H28N2O3.C30H24N2O5S/c1-2-3-15-34(17-16-33-18-20-37-21-19-33)32(36)30-29-25-14-8-12-22-11-7-13-24(26(22)25)28(29)27(31(30)35)23-9-5-4-6-10-23;1-3-14-32(38(2,35)36)23-13-5-4-10-20(23)27-25-21-11-6-8-19-9-7-12-22(24(19)21)26(25)28(29(27)33)30(34)31-15-17-37-18-16-31/h1,4-14H,3,15-21H2;1,4-13H,14-18H2,2H3. The number of anilines is 1. The van der Waals surface area contributed by atoms with Gasteiger partial charge in [-0.25, -0.2) is 8.42 Å². The molecule has 0 bridgehead atoms. The van der Waals surface area contributed by atoms with E-state index in [1.165, 1.54) is 0 Å². The number of terminal acetylenes is 2. The normalized spacial score (nSPS) is 16.8. The van der Waals surface area contributed by atoms with Gasteiger partial charge >= 0.3 is 0 Å². The van der Waals surface area contributed by atoms with Gasteiger partial charge < -0.3 is 19.3 Å². The molecule has 6 aliphatic rings. The van der Waals surface area contributed by atoms with Crippen molar-refractivity contribution < 1.29 is 37.1 Å². The van der Waals surface area contributed by atoms with E-state index in [9.17, 15) is 27.6 Å². The summed E-state index contributed by atoms with van der Waals surface area (Å²) in [6.07, 6.45) is 12.6. The Hall–Kier alpha value is -8.17. The molecule has 374 valence electrons. The Morgan fingerprint density at radius 3 is 1.65 bits per heavy atom. The van der Waals surface area contributed by atoms with E-state index in [2.05, 4.69) is 34.9 Å². The lowest BCUT2D eigenvalue weighted by Crippen LogP contribution is -2.44. The molecule has 0 aromatic heterocycles. The number of ether oxygens (including phenoxy) is 2. The number of fused-ring (bicyclic) bond motifs is 6. The van der Waals surface area contributed by atoms with Crippen LogP contribution in [-0.4, -0.2) is 132 Å². The van der Waals surface area contributed by atoms with Crippen LogP contribution < -0.4 is 4.31 Å². The molecule has 2 fully saturated rings. The average molecular weight is 1010 g/mol. The van der Waals surface area contributed by atoms with Gasteiger partial charge in [-0.2, -0.15) is 0 Å². The van der Waals surface area contributed by atoms with Crippen LogP contribution in [0.15, 0.2) is 139 Å². The number of benzene rings is 6. The van der Waals surface area contributed by atoms with E-state index < -0.39 is 15.8 Å². The number of amides is 2. The number of para-hydroxylation sites is 1. The molecule has 0 spiro atoms. The van der Waals surface area contributed by atoms with Crippen molar-refractivity contribution in [3.63, 3.8) is 0 Å². The highest BCUT2D eigenvalue weighted by molar-refractivity contribution is 7.92. The predicted octanol–water partition coefficient (Wildman–Crippen LogP) is 7.64. The van der Waals surface area contributed by atoms with Gasteiger partial charge in [0.1, 0.15) is 0 Å². The lowest BCUT2D eigenvalue weighted by atomic mass is 9.93. The van der Waals surface area contributed by atoms with Gasteiger partial charge in [0.2, 0.25) is 15.8 Å². The van der Waals surface area contributed by atoms with E-state index in [0.29, 0.717) is 92.6 Å². The fourth-order valence-electron chi connectivity index (χ4n) is 11.4. The fourth-order valence-corrected chi connectivity index (χ4v) is 12.2. The van der Waals surface area contributed by atoms with Crippen LogP contribution in [0.1, 0.15) is 39.8 Å². The summed E-state index contributed by atoms with van der Waals surface area (Å²) < 4.78 is 37.5. The molecule has 12 rings (SSSR count). The molecule has 4 aliphatic carbocycles. The lowest BCUT2D eigenvalue weighted by Gasteiger charge is -2.30. The molecular weight excluding hydrogens is 961 g/mol. The van der Waals surface area contributed by atoms with Crippen molar-refractivity contribution in [1.29, 1.82) is 0 Å². The molecule has 2 aliphatic heterocycles. The van der Waals surface area contributed by atoms with E-state index in [-0.39, 0.29) is 35.3 Å². The van der Waals surface area contributed by atoms with Crippen LogP contribution in [0.25, 0.3) is 55.0 Å². The van der Waals surface area contributed by atoms with Gasteiger partial charge in [0.25, 0.3) is 11.8 Å². The Bertz CT molecular complexity index is 3740. The van der Waals surface area contributed by atoms with Crippen molar-refractivity contribution in [2.45, 2.75) is 6.42 Å². The van der Waals surface area contributed by atoms with E-state index in [4.69, 9.17) is 22.3 Å². The summed E-state index contributed by atoms with van der Waals surface area (Å²) in [6.45, 7) is 6.12. The first-order chi connectivity index (χ1) is 36.5. The molecular formula is C62H52N4O8S. The number of hydrogen-bond donors (Lipinski definition) is 0. The van der Waals surface area contributed by atoms with Crippen LogP contribution in [0.3, 0.4) is 0 Å². The minimum atomic E-state index is -3.76. The van der Waals surface area contributed by atoms with Gasteiger partial charge in [-0.05, 0) is 55.4 Å². The summed E-state index contributed by atoms with van der Waals surface area (Å²) >= 11 is 0. The first-order valence-electron chi connectivity index (χ1n) is 25.1. The zero-order valence-electron chi connectivity index (χ0n) is 41.4. The van der Waals surface area contributed by atoms with Crippen molar-refractivity contribution in [2.75, 3.05) is 89.3 Å². The van der Waals surface area contributed by atoms with E-state index in [1.54, 1.807) is 34.1 Å². The van der Waals surface area contributed by atoms with E-state index in [0.717, 1.165) is 90.7 Å². The second-order valence-electron chi connectivity index (χ2n) is 19.0. The summed E-state index contributed by atoms with van der Waals surface area (Å²) in [5, 5.41) is 4.17. The monoisotopic (exact) mass is 1010 g/mol. The molecule has 2 heterocycles. The van der Waals surface area contributed by atoms with Crippen molar-refractivity contribution in [2.24, 2.45) is 0 Å². The molecule has 0 unspecified atom stereocenters. The third kappa shape index (κ3) is 8.58. The summed E-state index contributed by atoms with van der Waals surface area (Å²) in [4.78, 5) is 62.3. The molecule has 2 saturated heterocycles. The van der Waals surface area contributed by atoms with Crippen LogP contribution in [0, 0.1) is 24.7 Å². The zero-order valence-corrected chi connectivity index (χ0v) is 42.3. The number of morpholine rings is 2. The quantitative estimate of drug-likeness (QED) is 0.0896. The van der Waals surface area contributed by atoms with Crippen molar-refractivity contribution in [1.82, 2.24) is 14.7 Å². The maximum Gasteiger partial charge on any atom is 0.258 e. The number of carbonyl (C=O) groups excluding carboxylic acids is 4. The highest BCUT2D eigenvalue weighted by atomic mass is 32.2. The Balaban J connectivity index is 0.000000161. The molecule has 0 saturated carbocycles. The van der Waals surface area contributed by atoms with Crippen LogP contribution >= 0.6 is 0 Å². The molecule has 6 aromatic rings. The highest BCUT2D eigenvalue weighted by Crippen LogP contribution is 2.57. The number of sulfonamides is 1. The smallest absolute Gasteiger partial charge is 0.258 e. The third-order valence-corrected chi connectivity index (χ3v) is 15.9. The molecule has 0 N–H and O–H groups in total. The van der Waals surface area contributed by atoms with Crippen LogP contribution in [0.5, 0.6) is 0 Å². The SMILES string of the molecule is C#CCCN(CCN1CCOCC1)C(=O)C1=C2C(=C(c3ccccc3)C1=O)c1cccc3cccc2c13.C#CCN(c1ccccc1C1=C2C(=C(C(=O)N3CCOCC3)C1=O)c1cccc3cccc2c13)S(C)(=O)=O. The maximum atomic E-state index is 14.3. The highest BCUT2D eigenvalue weighted by Gasteiger charge is 2.46. The predicted molar refractivity (Wildman–Crippen MR) is 294 cm³/mol. The average Bonchev–Trinajstić information content (AvgIpc) is 4.28. The number of allylic oxidation sites excluding steroid dienone is 6. The van der Waals surface area contributed by atoms with Gasteiger partial charge in [0.15, 0.2) is 5.78 Å². The summed E-state index contributed by atoms with van der Waals surface area (Å²) in [7, 11) is -3.76. The molecule has 6 aromatic carbocycles. The molecule has 13 heteroatoms. The molecule has 2 amide bonds. The Labute approximate surface area is 436 Å². The summed E-state index contributed by atoms with van der Waals surface area (Å²) in [5.41, 5.74) is 9.36. The van der Waals surface area contributed by atoms with Crippen molar-refractivity contribution in [3.8, 4) is 24.7 Å². The van der Waals surface area contributed by atoms with Gasteiger partial charge in [-0.3, -0.25) is 28.4 Å². The Morgan fingerprint density at radius 1 is 0.573 bits per heavy atom. The lowest BCUT2D eigenvalue weighted by molar-refractivity contribution is -0.132. The summed E-state index contributed by atoms with van der Waals surface area (Å²) in [5.74, 6) is 3.88. The Morgan fingerprint density at radius 2 is 1.08 bits per heavy atom. The van der Waals surface area contributed by atoms with Gasteiger partial charge in [0, 0.05) is 91.2 Å². The fraction of sp³-hybridized carbons (Fsp3) is 0.226. The molecule has 0 atom stereocenters. The van der Waals surface area contributed by atoms with Crippen LogP contribution in [-0.2, 0) is 38.7 Å². The van der Waals surface area contributed by atoms with Crippen LogP contribution in [0.4, 0.5) is 5.69 Å². The molecule has 12 nitrogen and oxygen atoms in total. The number of hydrogen-bond acceptors (Lipinski definition) is 9. The zero-order chi connectivity index (χ0) is 52.0. The molecule has 0 radical (unpaired) electrons. The number of ketones is 2. The van der Waals surface area contributed by atoms with Crippen molar-refractivity contribution >= 4 is 94.1 Å². The van der Waals surface area contributed by atoms with Gasteiger partial charge in [-0.15, -0.1) is 18.8 Å². The van der Waals surface area contributed by atoms with Crippen molar-refractivity contribution in [3.05, 3.63) is 172 Å². The van der Waals surface area contributed by atoms with Crippen LogP contribution in [0.2, 0.25) is 0 Å². The minimum absolute atomic E-state index is 0.109. The van der Waals surface area contributed by atoms with Gasteiger partial charge in [0.05, 0.1) is 56.1 Å². The summed E-state index contributed by atoms with van der Waals surface area (Å²) in [6, 6.07) is 40.5. The Kier molecular flexibility index (Phi) is 13.3. The van der Waals surface area contributed by atoms with Gasteiger partial charge in [-0.1, -0.05) is 127 Å².